The van der Waals surface area contributed by atoms with E-state index in [-0.39, 0.29) is 0 Å². The number of ether oxygens (including phenoxy) is 1. The number of nitrogens with one attached hydrogen (secondary N) is 1. The van der Waals surface area contributed by atoms with Crippen LogP contribution in [0.5, 0.6) is 5.88 Å². The Labute approximate surface area is 121 Å². The van der Waals surface area contributed by atoms with Crippen LogP contribution in [-0.4, -0.2) is 12.1 Å². The molecule has 0 saturated carbocycles. The standard InChI is InChI=1S/C17H22N2O/c1-3-8-16(14-9-5-4-6-10-14)19-13-15-11-7-12-18-17(15)20-2/h4-7,9-12,16,19H,3,8,13H2,1-2H3. The lowest BCUT2D eigenvalue weighted by Crippen LogP contribution is -2.21. The molecule has 20 heavy (non-hydrogen) atoms. The summed E-state index contributed by atoms with van der Waals surface area (Å²) in [6.07, 6.45) is 4.02. The number of nitrogens with zero attached hydrogens (tertiary/aromatic N) is 1. The van der Waals surface area contributed by atoms with Crippen molar-refractivity contribution in [1.82, 2.24) is 10.3 Å². The average molecular weight is 270 g/mol. The first kappa shape index (κ1) is 14.5. The lowest BCUT2D eigenvalue weighted by molar-refractivity contribution is 0.387. The van der Waals surface area contributed by atoms with Gasteiger partial charge in [0.25, 0.3) is 0 Å². The molecule has 0 radical (unpaired) electrons. The van der Waals surface area contributed by atoms with Crippen LogP contribution in [0.1, 0.15) is 36.9 Å². The molecule has 0 aliphatic heterocycles. The molecular weight excluding hydrogens is 248 g/mol. The van der Waals surface area contributed by atoms with E-state index in [4.69, 9.17) is 4.74 Å². The summed E-state index contributed by atoms with van der Waals surface area (Å²) < 4.78 is 5.29. The van der Waals surface area contributed by atoms with Crippen molar-refractivity contribution in [3.8, 4) is 5.88 Å². The van der Waals surface area contributed by atoms with E-state index in [1.54, 1.807) is 13.3 Å². The van der Waals surface area contributed by atoms with E-state index in [1.165, 1.54) is 5.56 Å². The Hall–Kier alpha value is -1.87. The fraction of sp³-hybridized carbons (Fsp3) is 0.353. The van der Waals surface area contributed by atoms with E-state index >= 15 is 0 Å². The number of aromatic nitrogens is 1. The highest BCUT2D eigenvalue weighted by Crippen LogP contribution is 2.20. The Morgan fingerprint density at radius 3 is 2.65 bits per heavy atom. The molecule has 3 nitrogen and oxygen atoms in total. The van der Waals surface area contributed by atoms with Gasteiger partial charge in [0, 0.05) is 24.3 Å². The molecule has 1 heterocycles. The maximum atomic E-state index is 5.29. The highest BCUT2D eigenvalue weighted by Gasteiger charge is 2.11. The van der Waals surface area contributed by atoms with E-state index in [2.05, 4.69) is 47.6 Å². The first-order valence-corrected chi connectivity index (χ1v) is 7.11. The molecule has 0 bridgehead atoms. The van der Waals surface area contributed by atoms with Gasteiger partial charge in [-0.1, -0.05) is 49.7 Å². The van der Waals surface area contributed by atoms with E-state index in [9.17, 15) is 0 Å². The Morgan fingerprint density at radius 2 is 1.95 bits per heavy atom. The fourth-order valence-electron chi connectivity index (χ4n) is 2.34. The molecule has 0 fully saturated rings. The highest BCUT2D eigenvalue weighted by atomic mass is 16.5. The van der Waals surface area contributed by atoms with Crippen molar-refractivity contribution in [3.05, 3.63) is 59.8 Å². The monoisotopic (exact) mass is 270 g/mol. The minimum atomic E-state index is 0.367. The van der Waals surface area contributed by atoms with Crippen LogP contribution in [0.15, 0.2) is 48.7 Å². The lowest BCUT2D eigenvalue weighted by atomic mass is 10.0. The van der Waals surface area contributed by atoms with Crippen molar-refractivity contribution in [2.24, 2.45) is 0 Å². The molecule has 1 aromatic heterocycles. The summed E-state index contributed by atoms with van der Waals surface area (Å²) in [6.45, 7) is 2.97. The minimum Gasteiger partial charge on any atom is -0.481 e. The molecule has 1 N–H and O–H groups in total. The predicted octanol–water partition coefficient (Wildman–Crippen LogP) is 3.72. The average Bonchev–Trinajstić information content (AvgIpc) is 2.52. The Balaban J connectivity index is 2.06. The molecule has 0 aliphatic carbocycles. The van der Waals surface area contributed by atoms with Crippen molar-refractivity contribution < 1.29 is 4.74 Å². The van der Waals surface area contributed by atoms with Gasteiger partial charge in [-0.15, -0.1) is 0 Å². The van der Waals surface area contributed by atoms with Crippen LogP contribution in [0.2, 0.25) is 0 Å². The van der Waals surface area contributed by atoms with Gasteiger partial charge in [-0.25, -0.2) is 4.98 Å². The number of benzene rings is 1. The van der Waals surface area contributed by atoms with Gasteiger partial charge in [0.05, 0.1) is 7.11 Å². The van der Waals surface area contributed by atoms with Crippen molar-refractivity contribution >= 4 is 0 Å². The largest absolute Gasteiger partial charge is 0.481 e. The predicted molar refractivity (Wildman–Crippen MR) is 81.7 cm³/mol. The number of pyridine rings is 1. The third kappa shape index (κ3) is 3.81. The van der Waals surface area contributed by atoms with E-state index < -0.39 is 0 Å². The summed E-state index contributed by atoms with van der Waals surface area (Å²) >= 11 is 0. The topological polar surface area (TPSA) is 34.2 Å². The molecule has 1 atom stereocenters. The fourth-order valence-corrected chi connectivity index (χ4v) is 2.34. The quantitative estimate of drug-likeness (QED) is 0.832. The first-order valence-electron chi connectivity index (χ1n) is 7.11. The Morgan fingerprint density at radius 1 is 1.15 bits per heavy atom. The van der Waals surface area contributed by atoms with Crippen LogP contribution in [-0.2, 0) is 6.54 Å². The molecule has 106 valence electrons. The maximum Gasteiger partial charge on any atom is 0.217 e. The normalized spacial score (nSPS) is 12.1. The second kappa shape index (κ2) is 7.65. The van der Waals surface area contributed by atoms with Crippen LogP contribution in [0.25, 0.3) is 0 Å². The van der Waals surface area contributed by atoms with Gasteiger partial charge in [0.1, 0.15) is 0 Å². The molecule has 1 unspecified atom stereocenters. The summed E-state index contributed by atoms with van der Waals surface area (Å²) in [4.78, 5) is 4.23. The van der Waals surface area contributed by atoms with E-state index in [0.29, 0.717) is 11.9 Å². The number of rotatable bonds is 7. The number of hydrogen-bond acceptors (Lipinski definition) is 3. The minimum absolute atomic E-state index is 0.367. The summed E-state index contributed by atoms with van der Waals surface area (Å²) in [5.41, 5.74) is 2.42. The molecule has 2 rings (SSSR count). The van der Waals surface area contributed by atoms with Crippen molar-refractivity contribution in [1.29, 1.82) is 0 Å². The summed E-state index contributed by atoms with van der Waals surface area (Å²) in [7, 11) is 1.66. The molecule has 3 heteroatoms. The third-order valence-electron chi connectivity index (χ3n) is 3.36. The van der Waals surface area contributed by atoms with Gasteiger partial charge in [0.15, 0.2) is 0 Å². The zero-order valence-electron chi connectivity index (χ0n) is 12.2. The van der Waals surface area contributed by atoms with Crippen LogP contribution < -0.4 is 10.1 Å². The van der Waals surface area contributed by atoms with Gasteiger partial charge < -0.3 is 10.1 Å². The molecule has 1 aromatic carbocycles. The van der Waals surface area contributed by atoms with Crippen molar-refractivity contribution in [2.45, 2.75) is 32.4 Å². The van der Waals surface area contributed by atoms with Crippen LogP contribution in [0.4, 0.5) is 0 Å². The van der Waals surface area contributed by atoms with Gasteiger partial charge in [0.2, 0.25) is 5.88 Å². The van der Waals surface area contributed by atoms with Crippen molar-refractivity contribution in [3.63, 3.8) is 0 Å². The van der Waals surface area contributed by atoms with Gasteiger partial charge in [-0.3, -0.25) is 0 Å². The molecule has 0 saturated heterocycles. The second-order valence-electron chi connectivity index (χ2n) is 4.80. The molecule has 2 aromatic rings. The second-order valence-corrected chi connectivity index (χ2v) is 4.80. The van der Waals surface area contributed by atoms with Crippen molar-refractivity contribution in [2.75, 3.05) is 7.11 Å². The highest BCUT2D eigenvalue weighted by molar-refractivity contribution is 5.26. The molecule has 0 amide bonds. The molecule has 0 aliphatic rings. The zero-order valence-corrected chi connectivity index (χ0v) is 12.2. The summed E-state index contributed by atoms with van der Waals surface area (Å²) in [5.74, 6) is 0.698. The van der Waals surface area contributed by atoms with Crippen LogP contribution >= 0.6 is 0 Å². The Kier molecular flexibility index (Phi) is 5.56. The SMILES string of the molecule is CCCC(NCc1cccnc1OC)c1ccccc1. The number of hydrogen-bond donors (Lipinski definition) is 1. The van der Waals surface area contributed by atoms with Crippen LogP contribution in [0.3, 0.4) is 0 Å². The molecular formula is C17H22N2O. The van der Waals surface area contributed by atoms with Gasteiger partial charge >= 0.3 is 0 Å². The smallest absolute Gasteiger partial charge is 0.217 e. The first-order chi connectivity index (χ1) is 9.85. The summed E-state index contributed by atoms with van der Waals surface area (Å²) in [6, 6.07) is 14.9. The van der Waals surface area contributed by atoms with E-state index in [0.717, 1.165) is 24.9 Å². The lowest BCUT2D eigenvalue weighted by Gasteiger charge is -2.19. The maximum absolute atomic E-state index is 5.29. The zero-order chi connectivity index (χ0) is 14.2. The van der Waals surface area contributed by atoms with Gasteiger partial charge in [-0.05, 0) is 18.1 Å². The van der Waals surface area contributed by atoms with Crippen LogP contribution in [0, 0.1) is 0 Å². The third-order valence-corrected chi connectivity index (χ3v) is 3.36. The number of methoxy groups -OCH3 is 1. The Bertz CT molecular complexity index is 513. The summed E-state index contributed by atoms with van der Waals surface area (Å²) in [5, 5.41) is 3.61. The van der Waals surface area contributed by atoms with Gasteiger partial charge in [-0.2, -0.15) is 0 Å². The van der Waals surface area contributed by atoms with E-state index in [1.807, 2.05) is 12.1 Å². The molecule has 0 spiro atoms.